The van der Waals surface area contributed by atoms with Gasteiger partial charge in [-0.05, 0) is 31.0 Å². The van der Waals surface area contributed by atoms with Gasteiger partial charge in [0.1, 0.15) is 0 Å². The van der Waals surface area contributed by atoms with E-state index in [2.05, 4.69) is 10.2 Å². The van der Waals surface area contributed by atoms with Crippen molar-refractivity contribution in [3.05, 3.63) is 35.7 Å². The average Bonchev–Trinajstić information content (AvgIpc) is 2.83. The van der Waals surface area contributed by atoms with E-state index in [4.69, 9.17) is 9.52 Å². The Kier molecular flexibility index (Phi) is 3.99. The summed E-state index contributed by atoms with van der Waals surface area (Å²) in [5.74, 6) is 0.474. The molecule has 1 aliphatic rings. The summed E-state index contributed by atoms with van der Waals surface area (Å²) < 4.78 is 5.78. The van der Waals surface area contributed by atoms with Crippen molar-refractivity contribution >= 4 is 5.97 Å². The zero-order valence-corrected chi connectivity index (χ0v) is 11.8. The maximum Gasteiger partial charge on any atom is 0.335 e. The standard InChI is InChI=1S/C16H18N2O3/c19-16(20)13-9-5-8-12(10-13)15-18-17-14(21-15)11-6-3-1-2-4-7-11/h5,8-11H,1-4,6-7H2,(H,19,20). The molecule has 0 unspecified atom stereocenters. The molecule has 1 aliphatic carbocycles. The van der Waals surface area contributed by atoms with Gasteiger partial charge in [0, 0.05) is 11.5 Å². The normalized spacial score (nSPS) is 16.6. The van der Waals surface area contributed by atoms with Crippen LogP contribution in [0.5, 0.6) is 0 Å². The number of carboxylic acid groups (broad SMARTS) is 1. The van der Waals surface area contributed by atoms with E-state index in [0.717, 1.165) is 12.8 Å². The van der Waals surface area contributed by atoms with Gasteiger partial charge in [-0.1, -0.05) is 31.7 Å². The van der Waals surface area contributed by atoms with Crippen LogP contribution in [-0.4, -0.2) is 21.3 Å². The summed E-state index contributed by atoms with van der Waals surface area (Å²) in [4.78, 5) is 11.0. The van der Waals surface area contributed by atoms with Crippen molar-refractivity contribution in [2.75, 3.05) is 0 Å². The van der Waals surface area contributed by atoms with E-state index in [-0.39, 0.29) is 5.56 Å². The van der Waals surface area contributed by atoms with Crippen molar-refractivity contribution in [2.24, 2.45) is 0 Å². The monoisotopic (exact) mass is 286 g/mol. The first kappa shape index (κ1) is 13.8. The molecule has 1 heterocycles. The number of aromatic carboxylic acids is 1. The lowest BCUT2D eigenvalue weighted by atomic mass is 10.0. The fraction of sp³-hybridized carbons (Fsp3) is 0.438. The van der Waals surface area contributed by atoms with Crippen LogP contribution in [-0.2, 0) is 0 Å². The van der Waals surface area contributed by atoms with Gasteiger partial charge in [-0.2, -0.15) is 0 Å². The molecule has 3 rings (SSSR count). The molecule has 0 bridgehead atoms. The third kappa shape index (κ3) is 3.12. The number of nitrogens with zero attached hydrogens (tertiary/aromatic N) is 2. The van der Waals surface area contributed by atoms with Crippen LogP contribution in [0.4, 0.5) is 0 Å². The maximum atomic E-state index is 11.0. The minimum absolute atomic E-state index is 0.224. The highest BCUT2D eigenvalue weighted by Gasteiger charge is 2.21. The molecule has 1 N–H and O–H groups in total. The molecule has 1 fully saturated rings. The number of carbonyl (C=O) groups is 1. The molecule has 2 aromatic rings. The predicted octanol–water partition coefficient (Wildman–Crippen LogP) is 3.87. The second-order valence-electron chi connectivity index (χ2n) is 5.52. The fourth-order valence-corrected chi connectivity index (χ4v) is 2.83. The van der Waals surface area contributed by atoms with Gasteiger partial charge < -0.3 is 9.52 Å². The van der Waals surface area contributed by atoms with Crippen LogP contribution in [0.1, 0.15) is 60.7 Å². The SMILES string of the molecule is O=C(O)c1cccc(-c2nnc(C3CCCCCC3)o2)c1. The zero-order valence-electron chi connectivity index (χ0n) is 11.8. The van der Waals surface area contributed by atoms with Gasteiger partial charge in [0.15, 0.2) is 0 Å². The van der Waals surface area contributed by atoms with Crippen LogP contribution in [0.2, 0.25) is 0 Å². The highest BCUT2D eigenvalue weighted by molar-refractivity contribution is 5.88. The largest absolute Gasteiger partial charge is 0.478 e. The summed E-state index contributed by atoms with van der Waals surface area (Å²) in [6.45, 7) is 0. The van der Waals surface area contributed by atoms with Crippen molar-refractivity contribution in [1.29, 1.82) is 0 Å². The van der Waals surface area contributed by atoms with Crippen molar-refractivity contribution in [2.45, 2.75) is 44.4 Å². The average molecular weight is 286 g/mol. The number of hydrogen-bond donors (Lipinski definition) is 1. The second-order valence-corrected chi connectivity index (χ2v) is 5.52. The number of rotatable bonds is 3. The van der Waals surface area contributed by atoms with Gasteiger partial charge >= 0.3 is 5.97 Å². The Hall–Kier alpha value is -2.17. The van der Waals surface area contributed by atoms with Gasteiger partial charge in [-0.15, -0.1) is 10.2 Å². The summed E-state index contributed by atoms with van der Waals surface area (Å²) in [6, 6.07) is 6.59. The first-order chi connectivity index (χ1) is 10.2. The lowest BCUT2D eigenvalue weighted by Crippen LogP contribution is -1.97. The van der Waals surface area contributed by atoms with Gasteiger partial charge in [-0.25, -0.2) is 4.79 Å². The van der Waals surface area contributed by atoms with Crippen LogP contribution in [0, 0.1) is 0 Å². The summed E-state index contributed by atoms with van der Waals surface area (Å²) in [5.41, 5.74) is 0.879. The lowest BCUT2D eigenvalue weighted by molar-refractivity contribution is 0.0697. The van der Waals surface area contributed by atoms with Crippen molar-refractivity contribution in [3.8, 4) is 11.5 Å². The molecule has 5 nitrogen and oxygen atoms in total. The van der Waals surface area contributed by atoms with Crippen LogP contribution in [0.15, 0.2) is 28.7 Å². The Bertz CT molecular complexity index is 628. The lowest BCUT2D eigenvalue weighted by Gasteiger charge is -2.07. The molecule has 1 aromatic carbocycles. The summed E-state index contributed by atoms with van der Waals surface area (Å²) in [7, 11) is 0. The third-order valence-corrected chi connectivity index (χ3v) is 4.00. The smallest absolute Gasteiger partial charge is 0.335 e. The van der Waals surface area contributed by atoms with E-state index in [1.807, 2.05) is 0 Å². The van der Waals surface area contributed by atoms with Crippen molar-refractivity contribution in [1.82, 2.24) is 10.2 Å². The topological polar surface area (TPSA) is 76.2 Å². The van der Waals surface area contributed by atoms with Crippen LogP contribution < -0.4 is 0 Å². The minimum atomic E-state index is -0.958. The summed E-state index contributed by atoms with van der Waals surface area (Å²) in [5, 5.41) is 17.3. The van der Waals surface area contributed by atoms with Crippen LogP contribution in [0.3, 0.4) is 0 Å². The Morgan fingerprint density at radius 3 is 2.62 bits per heavy atom. The van der Waals surface area contributed by atoms with Gasteiger partial charge in [-0.3, -0.25) is 0 Å². The Labute approximate surface area is 123 Å². The third-order valence-electron chi connectivity index (χ3n) is 4.00. The molecular formula is C16H18N2O3. The summed E-state index contributed by atoms with van der Waals surface area (Å²) in [6.07, 6.45) is 7.15. The van der Waals surface area contributed by atoms with Crippen LogP contribution >= 0.6 is 0 Å². The number of carboxylic acids is 1. The molecule has 0 radical (unpaired) electrons. The zero-order chi connectivity index (χ0) is 14.7. The quantitative estimate of drug-likeness (QED) is 0.867. The highest BCUT2D eigenvalue weighted by atomic mass is 16.4. The van der Waals surface area contributed by atoms with Crippen LogP contribution in [0.25, 0.3) is 11.5 Å². The number of benzene rings is 1. The van der Waals surface area contributed by atoms with E-state index in [0.29, 0.717) is 23.3 Å². The Balaban J connectivity index is 1.84. The maximum absolute atomic E-state index is 11.0. The van der Waals surface area contributed by atoms with E-state index >= 15 is 0 Å². The predicted molar refractivity (Wildman–Crippen MR) is 77.1 cm³/mol. The van der Waals surface area contributed by atoms with E-state index in [1.54, 1.807) is 24.3 Å². The number of aromatic nitrogens is 2. The molecule has 1 saturated carbocycles. The molecular weight excluding hydrogens is 268 g/mol. The minimum Gasteiger partial charge on any atom is -0.478 e. The molecule has 0 atom stereocenters. The first-order valence-electron chi connectivity index (χ1n) is 7.41. The van der Waals surface area contributed by atoms with Gasteiger partial charge in [0.2, 0.25) is 11.8 Å². The number of hydrogen-bond acceptors (Lipinski definition) is 4. The molecule has 21 heavy (non-hydrogen) atoms. The molecule has 5 heteroatoms. The highest BCUT2D eigenvalue weighted by Crippen LogP contribution is 2.32. The van der Waals surface area contributed by atoms with Crippen molar-refractivity contribution in [3.63, 3.8) is 0 Å². The fourth-order valence-electron chi connectivity index (χ4n) is 2.83. The van der Waals surface area contributed by atoms with E-state index in [1.165, 1.54) is 25.7 Å². The Morgan fingerprint density at radius 1 is 1.14 bits per heavy atom. The molecule has 0 aliphatic heterocycles. The molecule has 1 aromatic heterocycles. The van der Waals surface area contributed by atoms with Gasteiger partial charge in [0.05, 0.1) is 5.56 Å². The molecule has 0 saturated heterocycles. The molecule has 110 valence electrons. The molecule has 0 amide bonds. The second kappa shape index (κ2) is 6.08. The van der Waals surface area contributed by atoms with E-state index in [9.17, 15) is 4.79 Å². The summed E-state index contributed by atoms with van der Waals surface area (Å²) >= 11 is 0. The first-order valence-corrected chi connectivity index (χ1v) is 7.41. The van der Waals surface area contributed by atoms with Crippen molar-refractivity contribution < 1.29 is 14.3 Å². The Morgan fingerprint density at radius 2 is 1.90 bits per heavy atom. The van der Waals surface area contributed by atoms with Gasteiger partial charge in [0.25, 0.3) is 0 Å². The molecule has 0 spiro atoms. The van der Waals surface area contributed by atoms with E-state index < -0.39 is 5.97 Å².